The molecule has 45 heavy (non-hydrogen) atoms. The summed E-state index contributed by atoms with van der Waals surface area (Å²) in [6.45, 7) is 2.05. The van der Waals surface area contributed by atoms with Crippen molar-refractivity contribution in [2.45, 2.75) is 38.3 Å². The van der Waals surface area contributed by atoms with Gasteiger partial charge in [0.05, 0.1) is 41.9 Å². The minimum absolute atomic E-state index is 0.00724. The van der Waals surface area contributed by atoms with Crippen LogP contribution < -0.4 is 21.5 Å². The summed E-state index contributed by atoms with van der Waals surface area (Å²) in [6, 6.07) is 4.73. The van der Waals surface area contributed by atoms with Gasteiger partial charge in [-0.15, -0.1) is 0 Å². The molecule has 2 N–H and O–H groups in total. The van der Waals surface area contributed by atoms with Crippen LogP contribution in [0.1, 0.15) is 27.9 Å². The first-order valence-electron chi connectivity index (χ1n) is 13.9. The summed E-state index contributed by atoms with van der Waals surface area (Å²) in [7, 11) is 1.49. The number of aryl methyl sites for hydroxylation is 2. The van der Waals surface area contributed by atoms with Crippen LogP contribution in [0, 0.1) is 12.7 Å². The number of halogens is 3. The number of alkyl halides is 2. The lowest BCUT2D eigenvalue weighted by molar-refractivity contribution is -0.139. The van der Waals surface area contributed by atoms with Crippen molar-refractivity contribution >= 4 is 28.5 Å². The molecule has 2 atom stereocenters. The van der Waals surface area contributed by atoms with Crippen molar-refractivity contribution in [3.05, 3.63) is 92.3 Å². The van der Waals surface area contributed by atoms with Crippen molar-refractivity contribution in [3.8, 4) is 5.82 Å². The Morgan fingerprint density at radius 3 is 2.62 bits per heavy atom. The predicted octanol–water partition coefficient (Wildman–Crippen LogP) is 2.21. The molecule has 1 amide bonds. The van der Waals surface area contributed by atoms with E-state index < -0.39 is 53.9 Å². The molecule has 1 aromatic carbocycles. The fourth-order valence-electron chi connectivity index (χ4n) is 5.41. The second kappa shape index (κ2) is 12.9. The molecule has 0 bridgehead atoms. The van der Waals surface area contributed by atoms with Gasteiger partial charge >= 0.3 is 11.7 Å². The first kappa shape index (κ1) is 31.4. The van der Waals surface area contributed by atoms with Crippen molar-refractivity contribution in [1.29, 1.82) is 0 Å². The number of nitrogens with one attached hydrogen (secondary N) is 1. The number of hydrogen-bond acceptors (Lipinski definition) is 8. The quantitative estimate of drug-likeness (QED) is 0.285. The first-order valence-corrected chi connectivity index (χ1v) is 13.9. The second-order valence-corrected chi connectivity index (χ2v) is 10.6. The van der Waals surface area contributed by atoms with E-state index in [1.807, 2.05) is 0 Å². The summed E-state index contributed by atoms with van der Waals surface area (Å²) in [5.74, 6) is -3.29. The average Bonchev–Trinajstić information content (AvgIpc) is 3.00. The Kier molecular flexibility index (Phi) is 8.99. The highest BCUT2D eigenvalue weighted by Crippen LogP contribution is 2.28. The second-order valence-electron chi connectivity index (χ2n) is 10.6. The summed E-state index contributed by atoms with van der Waals surface area (Å²) < 4.78 is 48.9. The molecule has 3 aromatic heterocycles. The molecule has 0 saturated carbocycles. The number of anilines is 1. The van der Waals surface area contributed by atoms with Crippen LogP contribution in [0.3, 0.4) is 0 Å². The smallest absolute Gasteiger partial charge is 0.337 e. The van der Waals surface area contributed by atoms with Gasteiger partial charge in [-0.3, -0.25) is 19.1 Å². The molecule has 4 heterocycles. The van der Waals surface area contributed by atoms with Crippen LogP contribution >= 0.6 is 0 Å². The van der Waals surface area contributed by atoms with E-state index in [9.17, 15) is 33.1 Å². The Morgan fingerprint density at radius 2 is 1.96 bits per heavy atom. The van der Waals surface area contributed by atoms with E-state index in [4.69, 9.17) is 4.74 Å². The zero-order valence-electron chi connectivity index (χ0n) is 24.2. The number of aromatic nitrogens is 4. The molecule has 1 aliphatic rings. The van der Waals surface area contributed by atoms with Gasteiger partial charge in [-0.1, -0.05) is 6.07 Å². The number of carbonyl (C=O) groups is 2. The lowest BCUT2D eigenvalue weighted by atomic mass is 10.0. The standard InChI is InChI=1S/C30H29F3N6O6/c1-16-9-18(38-7-8-45-15-19(38)12-24(32)33)11-21(31)26(16)27(40)36-22(29(42)43)10-17-3-4-25(35-13-17)39-28(41)20-5-6-34-14-23(20)37(2)30(39)44/h3-6,9,11,13-14,19,22,24H,7-8,10,12,15H2,1-2H3,(H,36,40)(H,42,43)/t19-,22-/m0/s1. The van der Waals surface area contributed by atoms with Crippen molar-refractivity contribution in [2.75, 3.05) is 24.7 Å². The molecule has 0 spiro atoms. The first-order chi connectivity index (χ1) is 21.5. The summed E-state index contributed by atoms with van der Waals surface area (Å²) in [5.41, 5.74) is -0.429. The van der Waals surface area contributed by atoms with Gasteiger partial charge in [-0.25, -0.2) is 32.3 Å². The molecular formula is C30H29F3N6O6. The van der Waals surface area contributed by atoms with E-state index in [2.05, 4.69) is 15.3 Å². The SMILES string of the molecule is Cc1cc(N2CCOC[C@@H]2CC(F)F)cc(F)c1C(=O)N[C@@H](Cc1ccc(-n2c(=O)c3ccncc3n(C)c2=O)nc1)C(=O)O. The highest BCUT2D eigenvalue weighted by molar-refractivity contribution is 5.98. The van der Waals surface area contributed by atoms with Gasteiger partial charge in [-0.05, 0) is 42.3 Å². The molecule has 236 valence electrons. The summed E-state index contributed by atoms with van der Waals surface area (Å²) in [4.78, 5) is 60.8. The molecule has 1 aliphatic heterocycles. The number of fused-ring (bicyclic) bond motifs is 1. The zero-order valence-corrected chi connectivity index (χ0v) is 24.2. The lowest BCUT2D eigenvalue weighted by Gasteiger charge is -2.37. The number of aliphatic carboxylic acids is 1. The number of carboxylic acid groups (broad SMARTS) is 1. The Balaban J connectivity index is 1.35. The topological polar surface area (TPSA) is 149 Å². The number of nitrogens with zero attached hydrogens (tertiary/aromatic N) is 5. The van der Waals surface area contributed by atoms with Gasteiger partial charge in [0.2, 0.25) is 6.43 Å². The zero-order chi connectivity index (χ0) is 32.4. The Hall–Kier alpha value is -5.05. The number of rotatable bonds is 9. The number of hydrogen-bond donors (Lipinski definition) is 2. The van der Waals surface area contributed by atoms with Gasteiger partial charge in [0, 0.05) is 44.5 Å². The Labute approximate surface area is 253 Å². The van der Waals surface area contributed by atoms with E-state index >= 15 is 4.39 Å². The van der Waals surface area contributed by atoms with Gasteiger partial charge < -0.3 is 20.1 Å². The monoisotopic (exact) mass is 626 g/mol. The van der Waals surface area contributed by atoms with Gasteiger partial charge in [0.1, 0.15) is 17.7 Å². The Morgan fingerprint density at radius 1 is 1.18 bits per heavy atom. The van der Waals surface area contributed by atoms with Crippen LogP contribution in [0.15, 0.2) is 58.5 Å². The fraction of sp³-hybridized carbons (Fsp3) is 0.333. The molecule has 0 aliphatic carbocycles. The summed E-state index contributed by atoms with van der Waals surface area (Å²) >= 11 is 0. The maximum atomic E-state index is 15.3. The third kappa shape index (κ3) is 6.43. The van der Waals surface area contributed by atoms with Crippen LogP contribution in [0.5, 0.6) is 0 Å². The summed E-state index contributed by atoms with van der Waals surface area (Å²) in [6.07, 6.45) is 0.809. The number of morpholine rings is 1. The van der Waals surface area contributed by atoms with E-state index in [1.54, 1.807) is 4.90 Å². The van der Waals surface area contributed by atoms with Gasteiger partial charge in [0.15, 0.2) is 0 Å². The van der Waals surface area contributed by atoms with Crippen LogP contribution in [0.4, 0.5) is 18.9 Å². The molecule has 1 fully saturated rings. The molecule has 15 heteroatoms. The highest BCUT2D eigenvalue weighted by Gasteiger charge is 2.29. The van der Waals surface area contributed by atoms with Crippen LogP contribution in [-0.4, -0.2) is 74.4 Å². The van der Waals surface area contributed by atoms with Gasteiger partial charge in [-0.2, -0.15) is 0 Å². The van der Waals surface area contributed by atoms with Gasteiger partial charge in [0.25, 0.3) is 11.5 Å². The number of ether oxygens (including phenoxy) is 1. The third-order valence-electron chi connectivity index (χ3n) is 7.66. The number of amides is 1. The van der Waals surface area contributed by atoms with Crippen molar-refractivity contribution in [3.63, 3.8) is 0 Å². The highest BCUT2D eigenvalue weighted by atomic mass is 19.3. The molecule has 1 saturated heterocycles. The fourth-order valence-corrected chi connectivity index (χ4v) is 5.41. The van der Waals surface area contributed by atoms with Crippen molar-refractivity contribution < 1.29 is 32.6 Å². The molecule has 12 nitrogen and oxygen atoms in total. The van der Waals surface area contributed by atoms with Crippen LogP contribution in [0.2, 0.25) is 0 Å². The number of carboxylic acids is 1. The largest absolute Gasteiger partial charge is 0.480 e. The predicted molar refractivity (Wildman–Crippen MR) is 157 cm³/mol. The number of carbonyl (C=O) groups excluding carboxylic acids is 1. The normalized spacial score (nSPS) is 15.8. The van der Waals surface area contributed by atoms with Crippen molar-refractivity contribution in [2.24, 2.45) is 7.05 Å². The minimum atomic E-state index is -2.58. The molecule has 0 radical (unpaired) electrons. The van der Waals surface area contributed by atoms with E-state index in [0.29, 0.717) is 16.8 Å². The maximum Gasteiger partial charge on any atom is 0.337 e. The van der Waals surface area contributed by atoms with Crippen molar-refractivity contribution in [1.82, 2.24) is 24.4 Å². The Bertz CT molecular complexity index is 1850. The van der Waals surface area contributed by atoms with Crippen LogP contribution in [-0.2, 0) is 23.0 Å². The molecule has 0 unspecified atom stereocenters. The third-order valence-corrected chi connectivity index (χ3v) is 7.66. The maximum absolute atomic E-state index is 15.3. The number of pyridine rings is 2. The molecule has 5 rings (SSSR count). The van der Waals surface area contributed by atoms with E-state index in [1.165, 1.54) is 61.4 Å². The lowest BCUT2D eigenvalue weighted by Crippen LogP contribution is -2.46. The van der Waals surface area contributed by atoms with E-state index in [0.717, 1.165) is 10.6 Å². The summed E-state index contributed by atoms with van der Waals surface area (Å²) in [5, 5.41) is 12.4. The van der Waals surface area contributed by atoms with E-state index in [-0.39, 0.29) is 48.5 Å². The molecular weight excluding hydrogens is 597 g/mol. The number of benzene rings is 1. The average molecular weight is 627 g/mol. The molecule has 4 aromatic rings. The minimum Gasteiger partial charge on any atom is -0.480 e. The van der Waals surface area contributed by atoms with Crippen LogP contribution in [0.25, 0.3) is 16.7 Å².